The second-order valence-corrected chi connectivity index (χ2v) is 4.52. The van der Waals surface area contributed by atoms with Crippen molar-refractivity contribution in [3.8, 4) is 0 Å². The van der Waals surface area contributed by atoms with E-state index in [1.165, 1.54) is 16.7 Å². The van der Waals surface area contributed by atoms with Crippen LogP contribution in [0.15, 0.2) is 12.1 Å². The van der Waals surface area contributed by atoms with Gasteiger partial charge in [0.15, 0.2) is 0 Å². The molecule has 2 nitrogen and oxygen atoms in total. The van der Waals surface area contributed by atoms with Crippen molar-refractivity contribution < 1.29 is 4.79 Å². The summed E-state index contributed by atoms with van der Waals surface area (Å²) in [5.74, 6) is 0.653. The van der Waals surface area contributed by atoms with Crippen LogP contribution in [-0.4, -0.2) is 5.91 Å². The highest BCUT2D eigenvalue weighted by Crippen LogP contribution is 2.31. The highest BCUT2D eigenvalue weighted by molar-refractivity contribution is 5.95. The Labute approximate surface area is 90.7 Å². The van der Waals surface area contributed by atoms with Crippen LogP contribution in [0.2, 0.25) is 0 Å². The summed E-state index contributed by atoms with van der Waals surface area (Å²) in [6.45, 7) is 6.46. The van der Waals surface area contributed by atoms with E-state index in [9.17, 15) is 4.79 Å². The largest absolute Gasteiger partial charge is 0.326 e. The molecule has 1 N–H and O–H groups in total. The maximum Gasteiger partial charge on any atom is 0.224 e. The first kappa shape index (κ1) is 10.2. The van der Waals surface area contributed by atoms with Gasteiger partial charge in [0.05, 0.1) is 0 Å². The van der Waals surface area contributed by atoms with Crippen LogP contribution in [0.4, 0.5) is 5.69 Å². The zero-order valence-electron chi connectivity index (χ0n) is 9.55. The number of benzene rings is 1. The summed E-state index contributed by atoms with van der Waals surface area (Å²) in [6, 6.07) is 4.34. The highest BCUT2D eigenvalue weighted by Gasteiger charge is 2.18. The van der Waals surface area contributed by atoms with Gasteiger partial charge in [-0.15, -0.1) is 0 Å². The fourth-order valence-electron chi connectivity index (χ4n) is 2.24. The lowest BCUT2D eigenvalue weighted by Gasteiger charge is -2.22. The average Bonchev–Trinajstić information content (AvgIpc) is 2.19. The van der Waals surface area contributed by atoms with Crippen molar-refractivity contribution in [1.82, 2.24) is 0 Å². The van der Waals surface area contributed by atoms with E-state index in [1.807, 2.05) is 0 Å². The molecule has 0 spiro atoms. The van der Waals surface area contributed by atoms with Gasteiger partial charge in [-0.05, 0) is 36.0 Å². The summed E-state index contributed by atoms with van der Waals surface area (Å²) in [6.07, 6.45) is 1.49. The topological polar surface area (TPSA) is 29.1 Å². The number of carbonyl (C=O) groups is 1. The van der Waals surface area contributed by atoms with Crippen LogP contribution in [0.25, 0.3) is 0 Å². The van der Waals surface area contributed by atoms with Crippen LogP contribution < -0.4 is 5.32 Å². The number of hydrogen-bond donors (Lipinski definition) is 1. The van der Waals surface area contributed by atoms with Crippen LogP contribution in [0.1, 0.15) is 42.9 Å². The first-order valence-corrected chi connectivity index (χ1v) is 5.52. The van der Waals surface area contributed by atoms with Gasteiger partial charge in [0.25, 0.3) is 0 Å². The lowest BCUT2D eigenvalue weighted by atomic mass is 9.91. The molecule has 2 rings (SSSR count). The molecule has 1 aromatic rings. The first-order valence-electron chi connectivity index (χ1n) is 5.52. The predicted octanol–water partition coefficient (Wildman–Crippen LogP) is 3.00. The zero-order valence-corrected chi connectivity index (χ0v) is 9.55. The first-order chi connectivity index (χ1) is 7.09. The Morgan fingerprint density at radius 2 is 2.00 bits per heavy atom. The number of hydrogen-bond acceptors (Lipinski definition) is 1. The number of carbonyl (C=O) groups excluding carboxylic acids is 1. The van der Waals surface area contributed by atoms with Crippen molar-refractivity contribution in [3.63, 3.8) is 0 Å². The Hall–Kier alpha value is -1.31. The van der Waals surface area contributed by atoms with Gasteiger partial charge in [-0.2, -0.15) is 0 Å². The third-order valence-electron chi connectivity index (χ3n) is 3.10. The molecule has 0 aliphatic carbocycles. The lowest BCUT2D eigenvalue weighted by molar-refractivity contribution is -0.116. The predicted molar refractivity (Wildman–Crippen MR) is 62.2 cm³/mol. The molecule has 1 amide bonds. The SMILES string of the molecule is Cc1c(C(C)C)ccc2c1NC(=O)CC2. The van der Waals surface area contributed by atoms with Crippen LogP contribution in [-0.2, 0) is 11.2 Å². The Bertz CT molecular complexity index is 407. The maximum absolute atomic E-state index is 11.3. The minimum atomic E-state index is 0.145. The normalized spacial score (nSPS) is 15.1. The molecular formula is C13H17NO. The molecule has 0 fully saturated rings. The number of aryl methyl sites for hydroxylation is 1. The molecule has 15 heavy (non-hydrogen) atoms. The molecule has 1 aliphatic rings. The summed E-state index contributed by atoms with van der Waals surface area (Å²) < 4.78 is 0. The lowest BCUT2D eigenvalue weighted by Crippen LogP contribution is -2.20. The van der Waals surface area contributed by atoms with Crippen molar-refractivity contribution in [1.29, 1.82) is 0 Å². The number of fused-ring (bicyclic) bond motifs is 1. The van der Waals surface area contributed by atoms with Crippen LogP contribution >= 0.6 is 0 Å². The van der Waals surface area contributed by atoms with E-state index in [-0.39, 0.29) is 5.91 Å². The summed E-state index contributed by atoms with van der Waals surface area (Å²) in [7, 11) is 0. The molecule has 0 saturated heterocycles. The fourth-order valence-corrected chi connectivity index (χ4v) is 2.24. The third-order valence-corrected chi connectivity index (χ3v) is 3.10. The second-order valence-electron chi connectivity index (χ2n) is 4.52. The molecular weight excluding hydrogens is 186 g/mol. The number of nitrogens with one attached hydrogen (secondary N) is 1. The van der Waals surface area contributed by atoms with Crippen LogP contribution in [0.5, 0.6) is 0 Å². The van der Waals surface area contributed by atoms with Gasteiger partial charge in [0.2, 0.25) is 5.91 Å². The Morgan fingerprint density at radius 1 is 1.27 bits per heavy atom. The Kier molecular flexibility index (Phi) is 2.51. The number of rotatable bonds is 1. The van der Waals surface area contributed by atoms with Crippen molar-refractivity contribution in [2.75, 3.05) is 5.32 Å². The van der Waals surface area contributed by atoms with E-state index in [0.717, 1.165) is 12.1 Å². The van der Waals surface area contributed by atoms with Gasteiger partial charge in [0, 0.05) is 12.1 Å². The zero-order chi connectivity index (χ0) is 11.0. The minimum Gasteiger partial charge on any atom is -0.326 e. The van der Waals surface area contributed by atoms with Crippen LogP contribution in [0, 0.1) is 6.92 Å². The summed E-state index contributed by atoms with van der Waals surface area (Å²) >= 11 is 0. The van der Waals surface area contributed by atoms with Gasteiger partial charge in [0.1, 0.15) is 0 Å². The van der Waals surface area contributed by atoms with Crippen molar-refractivity contribution in [2.24, 2.45) is 0 Å². The van der Waals surface area contributed by atoms with Gasteiger partial charge in [-0.3, -0.25) is 4.79 Å². The van der Waals surface area contributed by atoms with E-state index < -0.39 is 0 Å². The molecule has 1 aliphatic heterocycles. The van der Waals surface area contributed by atoms with Gasteiger partial charge in [-0.1, -0.05) is 26.0 Å². The molecule has 0 radical (unpaired) electrons. The maximum atomic E-state index is 11.3. The summed E-state index contributed by atoms with van der Waals surface area (Å²) in [5, 5.41) is 2.98. The van der Waals surface area contributed by atoms with Gasteiger partial charge < -0.3 is 5.32 Å². The molecule has 1 aromatic carbocycles. The van der Waals surface area contributed by atoms with Gasteiger partial charge >= 0.3 is 0 Å². The van der Waals surface area contributed by atoms with Crippen molar-refractivity contribution >= 4 is 11.6 Å². The van der Waals surface area contributed by atoms with E-state index >= 15 is 0 Å². The second kappa shape index (κ2) is 3.69. The quantitative estimate of drug-likeness (QED) is 0.747. The van der Waals surface area contributed by atoms with E-state index in [4.69, 9.17) is 0 Å². The van der Waals surface area contributed by atoms with E-state index in [2.05, 4.69) is 38.2 Å². The smallest absolute Gasteiger partial charge is 0.224 e. The van der Waals surface area contributed by atoms with Crippen molar-refractivity contribution in [2.45, 2.75) is 39.5 Å². The monoisotopic (exact) mass is 203 g/mol. The van der Waals surface area contributed by atoms with E-state index in [0.29, 0.717) is 12.3 Å². The Morgan fingerprint density at radius 3 is 2.67 bits per heavy atom. The Balaban J connectivity index is 2.51. The highest BCUT2D eigenvalue weighted by atomic mass is 16.1. The molecule has 0 unspecified atom stereocenters. The van der Waals surface area contributed by atoms with Crippen molar-refractivity contribution in [3.05, 3.63) is 28.8 Å². The molecule has 2 heteroatoms. The fraction of sp³-hybridized carbons (Fsp3) is 0.462. The summed E-state index contributed by atoms with van der Waals surface area (Å²) in [4.78, 5) is 11.3. The minimum absolute atomic E-state index is 0.145. The number of amides is 1. The standard InChI is InChI=1S/C13H17NO/c1-8(2)11-6-4-10-5-7-12(15)14-13(10)9(11)3/h4,6,8H,5,7H2,1-3H3,(H,14,15). The molecule has 80 valence electrons. The molecule has 0 atom stereocenters. The van der Waals surface area contributed by atoms with Gasteiger partial charge in [-0.25, -0.2) is 0 Å². The molecule has 1 heterocycles. The summed E-state index contributed by atoms with van der Waals surface area (Å²) in [5.41, 5.74) is 4.89. The van der Waals surface area contributed by atoms with Crippen LogP contribution in [0.3, 0.4) is 0 Å². The molecule has 0 bridgehead atoms. The van der Waals surface area contributed by atoms with E-state index in [1.54, 1.807) is 0 Å². The molecule has 0 saturated carbocycles. The molecule has 0 aromatic heterocycles. The third kappa shape index (κ3) is 1.76. The number of anilines is 1. The average molecular weight is 203 g/mol.